The molecule has 0 saturated carbocycles. The van der Waals surface area contributed by atoms with Crippen molar-refractivity contribution in [1.82, 2.24) is 10.2 Å². The van der Waals surface area contributed by atoms with Gasteiger partial charge in [0, 0.05) is 12.6 Å². The van der Waals surface area contributed by atoms with E-state index < -0.39 is 11.9 Å². The number of benzene rings is 2. The lowest BCUT2D eigenvalue weighted by molar-refractivity contribution is -0.140. The predicted octanol–water partition coefficient (Wildman–Crippen LogP) is 3.71. The molecule has 2 aromatic carbocycles. The number of nitrogens with zero attached hydrogens (tertiary/aromatic N) is 1. The zero-order valence-electron chi connectivity index (χ0n) is 17.4. The molecule has 1 N–H and O–H groups in total. The van der Waals surface area contributed by atoms with Crippen LogP contribution >= 0.6 is 0 Å². The summed E-state index contributed by atoms with van der Waals surface area (Å²) < 4.78 is 19.2. The van der Waals surface area contributed by atoms with Crippen LogP contribution < -0.4 is 10.1 Å². The summed E-state index contributed by atoms with van der Waals surface area (Å²) in [4.78, 5) is 27.2. The van der Waals surface area contributed by atoms with Crippen LogP contribution in [0, 0.1) is 5.82 Å². The molecule has 0 aliphatic carbocycles. The summed E-state index contributed by atoms with van der Waals surface area (Å²) in [6, 6.07) is 12.8. The molecular weight excluding hydrogens is 371 g/mol. The predicted molar refractivity (Wildman–Crippen MR) is 111 cm³/mol. The van der Waals surface area contributed by atoms with Crippen molar-refractivity contribution in [1.29, 1.82) is 0 Å². The molecule has 0 spiro atoms. The van der Waals surface area contributed by atoms with Crippen LogP contribution in [0.2, 0.25) is 0 Å². The molecule has 0 unspecified atom stereocenters. The Morgan fingerprint density at radius 2 is 1.76 bits per heavy atom. The van der Waals surface area contributed by atoms with Crippen LogP contribution in [0.1, 0.15) is 38.3 Å². The van der Waals surface area contributed by atoms with Crippen molar-refractivity contribution in [3.05, 3.63) is 65.5 Å². The highest BCUT2D eigenvalue weighted by molar-refractivity contribution is 5.88. The molecule has 0 radical (unpaired) electrons. The first-order valence-electron chi connectivity index (χ1n) is 9.81. The third-order valence-electron chi connectivity index (χ3n) is 4.98. The highest BCUT2D eigenvalue weighted by Gasteiger charge is 2.27. The molecule has 156 valence electrons. The van der Waals surface area contributed by atoms with Crippen molar-refractivity contribution in [3.63, 3.8) is 0 Å². The Hall–Kier alpha value is -2.89. The number of rotatable bonds is 9. The molecule has 2 rings (SSSR count). The number of carbonyl (C=O) groups excluding carboxylic acids is 2. The Labute approximate surface area is 171 Å². The Balaban J connectivity index is 2.24. The lowest BCUT2D eigenvalue weighted by Crippen LogP contribution is -2.49. The van der Waals surface area contributed by atoms with E-state index in [4.69, 9.17) is 4.74 Å². The standard InChI is InChI=1S/C23H29FN2O3/c1-5-16(2)25-23(28)17(3)26(15-18-10-12-20(29-4)13-11-18)22(27)14-19-8-6-7-9-21(19)24/h6-13,16-17H,5,14-15H2,1-4H3,(H,25,28)/t16-,17+/m1/s1. The van der Waals surface area contributed by atoms with Gasteiger partial charge in [-0.1, -0.05) is 37.3 Å². The molecule has 2 aromatic rings. The number of amides is 2. The van der Waals surface area contributed by atoms with Crippen molar-refractivity contribution in [2.45, 2.75) is 52.2 Å². The largest absolute Gasteiger partial charge is 0.497 e. The normalized spacial score (nSPS) is 12.7. The SMILES string of the molecule is CC[C@@H](C)NC(=O)[C@H](C)N(Cc1ccc(OC)cc1)C(=O)Cc1ccccc1F. The molecule has 0 fully saturated rings. The van der Waals surface area contributed by atoms with Crippen molar-refractivity contribution in [2.75, 3.05) is 7.11 Å². The highest BCUT2D eigenvalue weighted by Crippen LogP contribution is 2.17. The zero-order chi connectivity index (χ0) is 21.4. The van der Waals surface area contributed by atoms with Crippen molar-refractivity contribution in [3.8, 4) is 5.75 Å². The molecule has 0 aliphatic heterocycles. The molecule has 2 amide bonds. The maximum absolute atomic E-state index is 14.0. The van der Waals surface area contributed by atoms with E-state index in [-0.39, 0.29) is 30.8 Å². The van der Waals surface area contributed by atoms with Gasteiger partial charge in [-0.15, -0.1) is 0 Å². The second-order valence-corrected chi connectivity index (χ2v) is 7.13. The Kier molecular flexibility index (Phi) is 8.19. The lowest BCUT2D eigenvalue weighted by Gasteiger charge is -2.30. The summed E-state index contributed by atoms with van der Waals surface area (Å²) in [6.07, 6.45) is 0.684. The van der Waals surface area contributed by atoms with Gasteiger partial charge in [0.05, 0.1) is 13.5 Å². The number of hydrogen-bond acceptors (Lipinski definition) is 3. The van der Waals surface area contributed by atoms with Gasteiger partial charge in [-0.3, -0.25) is 9.59 Å². The third kappa shape index (κ3) is 6.31. The van der Waals surface area contributed by atoms with E-state index in [2.05, 4.69) is 5.32 Å². The summed E-state index contributed by atoms with van der Waals surface area (Å²) >= 11 is 0. The van der Waals surface area contributed by atoms with Gasteiger partial charge in [0.1, 0.15) is 17.6 Å². The van der Waals surface area contributed by atoms with Gasteiger partial charge in [0.25, 0.3) is 0 Å². The summed E-state index contributed by atoms with van der Waals surface area (Å²) in [7, 11) is 1.58. The monoisotopic (exact) mass is 400 g/mol. The minimum atomic E-state index is -0.689. The van der Waals surface area contributed by atoms with Crippen LogP contribution in [-0.4, -0.2) is 35.9 Å². The summed E-state index contributed by atoms with van der Waals surface area (Å²) in [5, 5.41) is 2.92. The molecule has 6 heteroatoms. The molecule has 5 nitrogen and oxygen atoms in total. The number of methoxy groups -OCH3 is 1. The number of nitrogens with one attached hydrogen (secondary N) is 1. The van der Waals surface area contributed by atoms with E-state index in [0.29, 0.717) is 11.3 Å². The van der Waals surface area contributed by atoms with Crippen LogP contribution in [0.4, 0.5) is 4.39 Å². The van der Waals surface area contributed by atoms with Gasteiger partial charge in [-0.25, -0.2) is 4.39 Å². The number of hydrogen-bond donors (Lipinski definition) is 1. The van der Waals surface area contributed by atoms with E-state index in [1.54, 1.807) is 44.4 Å². The molecule has 0 aliphatic rings. The number of halogens is 1. The first-order chi connectivity index (χ1) is 13.8. The van der Waals surface area contributed by atoms with E-state index >= 15 is 0 Å². The number of ether oxygens (including phenoxy) is 1. The molecule has 0 bridgehead atoms. The highest BCUT2D eigenvalue weighted by atomic mass is 19.1. The van der Waals surface area contributed by atoms with Gasteiger partial charge in [-0.05, 0) is 49.6 Å². The van der Waals surface area contributed by atoms with E-state index in [9.17, 15) is 14.0 Å². The maximum Gasteiger partial charge on any atom is 0.242 e. The average Bonchev–Trinajstić information content (AvgIpc) is 2.73. The summed E-state index contributed by atoms with van der Waals surface area (Å²) in [5.74, 6) is -0.255. The fourth-order valence-electron chi connectivity index (χ4n) is 2.88. The van der Waals surface area contributed by atoms with Gasteiger partial charge >= 0.3 is 0 Å². The van der Waals surface area contributed by atoms with Gasteiger partial charge in [0.15, 0.2) is 0 Å². The smallest absolute Gasteiger partial charge is 0.242 e. The summed E-state index contributed by atoms with van der Waals surface area (Å²) in [5.41, 5.74) is 1.17. The van der Waals surface area contributed by atoms with E-state index in [0.717, 1.165) is 12.0 Å². The maximum atomic E-state index is 14.0. The van der Waals surface area contributed by atoms with Crippen LogP contribution in [-0.2, 0) is 22.6 Å². The Morgan fingerprint density at radius 1 is 1.10 bits per heavy atom. The minimum absolute atomic E-state index is 0.00876. The average molecular weight is 400 g/mol. The topological polar surface area (TPSA) is 58.6 Å². The fraction of sp³-hybridized carbons (Fsp3) is 0.391. The van der Waals surface area contributed by atoms with Crippen LogP contribution in [0.25, 0.3) is 0 Å². The quantitative estimate of drug-likeness (QED) is 0.698. The fourth-order valence-corrected chi connectivity index (χ4v) is 2.88. The summed E-state index contributed by atoms with van der Waals surface area (Å²) in [6.45, 7) is 5.83. The Bertz CT molecular complexity index is 823. The van der Waals surface area contributed by atoms with E-state index in [1.807, 2.05) is 26.0 Å². The van der Waals surface area contributed by atoms with Crippen LogP contribution in [0.3, 0.4) is 0 Å². The second-order valence-electron chi connectivity index (χ2n) is 7.13. The van der Waals surface area contributed by atoms with Gasteiger partial charge in [-0.2, -0.15) is 0 Å². The first kappa shape index (κ1) is 22.4. The van der Waals surface area contributed by atoms with E-state index in [1.165, 1.54) is 11.0 Å². The van der Waals surface area contributed by atoms with Crippen molar-refractivity contribution in [2.24, 2.45) is 0 Å². The molecule has 0 heterocycles. The molecule has 0 saturated heterocycles. The molecular formula is C23H29FN2O3. The van der Waals surface area contributed by atoms with Crippen molar-refractivity contribution < 1.29 is 18.7 Å². The number of carbonyl (C=O) groups is 2. The van der Waals surface area contributed by atoms with Gasteiger partial charge < -0.3 is 15.0 Å². The molecule has 29 heavy (non-hydrogen) atoms. The van der Waals surface area contributed by atoms with Gasteiger partial charge in [0.2, 0.25) is 11.8 Å². The van der Waals surface area contributed by atoms with Crippen molar-refractivity contribution >= 4 is 11.8 Å². The molecule has 0 aromatic heterocycles. The first-order valence-corrected chi connectivity index (χ1v) is 9.81. The van der Waals surface area contributed by atoms with Crippen LogP contribution in [0.15, 0.2) is 48.5 Å². The molecule has 2 atom stereocenters. The minimum Gasteiger partial charge on any atom is -0.497 e. The second kappa shape index (κ2) is 10.6. The third-order valence-corrected chi connectivity index (χ3v) is 4.98. The zero-order valence-corrected chi connectivity index (χ0v) is 17.4. The Morgan fingerprint density at radius 3 is 2.34 bits per heavy atom. The van der Waals surface area contributed by atoms with Crippen LogP contribution in [0.5, 0.6) is 5.75 Å². The lowest BCUT2D eigenvalue weighted by atomic mass is 10.1.